The van der Waals surface area contributed by atoms with E-state index in [0.717, 1.165) is 64.2 Å². The van der Waals surface area contributed by atoms with E-state index in [2.05, 4.69) is 57.5 Å². The zero-order chi connectivity index (χ0) is 27.1. The molecule has 7 heteroatoms. The largest absolute Gasteiger partial charge is 0.388 e. The van der Waals surface area contributed by atoms with Gasteiger partial charge < -0.3 is 28.8 Å². The van der Waals surface area contributed by atoms with Gasteiger partial charge in [-0.3, -0.25) is 0 Å². The number of ether oxygens (including phenoxy) is 5. The third kappa shape index (κ3) is 5.22. The number of alkyl halides is 1. The van der Waals surface area contributed by atoms with Crippen LogP contribution in [-0.4, -0.2) is 74.1 Å². The maximum absolute atomic E-state index is 10.5. The molecular formula is C30H51BrO6. The van der Waals surface area contributed by atoms with Crippen molar-refractivity contribution in [1.82, 2.24) is 0 Å². The zero-order valence-corrected chi connectivity index (χ0v) is 26.0. The van der Waals surface area contributed by atoms with Crippen molar-refractivity contribution < 1.29 is 28.8 Å². The molecule has 6 nitrogen and oxygen atoms in total. The number of aliphatic hydroxyl groups is 1. The van der Waals surface area contributed by atoms with Gasteiger partial charge in [-0.15, -0.1) is 0 Å². The molecule has 5 heterocycles. The van der Waals surface area contributed by atoms with Crippen LogP contribution in [0.2, 0.25) is 0 Å². The van der Waals surface area contributed by atoms with Gasteiger partial charge in [-0.2, -0.15) is 0 Å². The predicted octanol–water partition coefficient (Wildman–Crippen LogP) is 6.23. The summed E-state index contributed by atoms with van der Waals surface area (Å²) in [4.78, 5) is 0.370. The van der Waals surface area contributed by atoms with E-state index in [1.54, 1.807) is 0 Å². The Morgan fingerprint density at radius 1 is 0.622 bits per heavy atom. The highest BCUT2D eigenvalue weighted by atomic mass is 79.9. The second kappa shape index (κ2) is 9.39. The summed E-state index contributed by atoms with van der Waals surface area (Å²) in [7, 11) is 0. The van der Waals surface area contributed by atoms with Gasteiger partial charge in [0.05, 0.1) is 64.1 Å². The van der Waals surface area contributed by atoms with Crippen molar-refractivity contribution in [2.24, 2.45) is 0 Å². The van der Waals surface area contributed by atoms with Crippen LogP contribution >= 0.6 is 15.9 Å². The topological polar surface area (TPSA) is 66.4 Å². The normalized spacial score (nSPS) is 52.7. The lowest BCUT2D eigenvalue weighted by Crippen LogP contribution is -2.63. The summed E-state index contributed by atoms with van der Waals surface area (Å²) < 4.78 is 33.7. The van der Waals surface area contributed by atoms with E-state index in [1.807, 2.05) is 13.8 Å². The smallest absolute Gasteiger partial charge is 0.0923 e. The highest BCUT2D eigenvalue weighted by Gasteiger charge is 2.58. The van der Waals surface area contributed by atoms with Crippen molar-refractivity contribution in [2.45, 2.75) is 189 Å². The van der Waals surface area contributed by atoms with Gasteiger partial charge in [-0.05, 0) is 120 Å². The summed E-state index contributed by atoms with van der Waals surface area (Å²) >= 11 is 3.82. The van der Waals surface area contributed by atoms with Crippen LogP contribution in [0.15, 0.2) is 0 Å². The van der Waals surface area contributed by atoms with E-state index < -0.39 is 5.60 Å². The first-order chi connectivity index (χ1) is 17.0. The number of hydrogen-bond acceptors (Lipinski definition) is 6. The molecular weight excluding hydrogens is 536 g/mol. The summed E-state index contributed by atoms with van der Waals surface area (Å²) in [6, 6.07) is 0. The van der Waals surface area contributed by atoms with E-state index in [-0.39, 0.29) is 58.5 Å². The molecule has 0 bridgehead atoms. The standard InChI is InChI=1S/C30H51BrO6/c1-25(2,32)20-12-16-29(7,34-20)24-14-18-28(6,36-24)23-10-9-21-27(5,35-23)17-13-22(33-21)30(8)15-11-19(31)26(3,4)37-30/h19-24,32H,9-18H2,1-8H3. The fourth-order valence-electron chi connectivity index (χ4n) is 7.89. The first-order valence-electron chi connectivity index (χ1n) is 14.7. The second-order valence-electron chi connectivity index (χ2n) is 14.7. The van der Waals surface area contributed by atoms with Crippen LogP contribution in [0.25, 0.3) is 0 Å². The van der Waals surface area contributed by atoms with Gasteiger partial charge in [0.25, 0.3) is 0 Å². The van der Waals surface area contributed by atoms with Crippen LogP contribution < -0.4 is 0 Å². The van der Waals surface area contributed by atoms with Gasteiger partial charge in [0.15, 0.2) is 0 Å². The molecule has 0 aromatic heterocycles. The SMILES string of the molecule is CC(C)(O)C1CCC(C)(C2CCC(C)(C3CCC4OC(C5(C)CCC(Br)C(C)(C)O5)CCC4(C)O3)O2)O1. The van der Waals surface area contributed by atoms with E-state index in [1.165, 1.54) is 0 Å². The fraction of sp³-hybridized carbons (Fsp3) is 1.00. The minimum absolute atomic E-state index is 0.0241. The first kappa shape index (κ1) is 28.8. The molecule has 0 radical (unpaired) electrons. The molecule has 5 fully saturated rings. The van der Waals surface area contributed by atoms with Crippen molar-refractivity contribution in [3.63, 3.8) is 0 Å². The number of hydrogen-bond donors (Lipinski definition) is 1. The minimum Gasteiger partial charge on any atom is -0.388 e. The Balaban J connectivity index is 1.21. The molecule has 0 aromatic carbocycles. The van der Waals surface area contributed by atoms with Crippen molar-refractivity contribution in [3.05, 3.63) is 0 Å². The van der Waals surface area contributed by atoms with Crippen LogP contribution in [0.1, 0.15) is 120 Å². The molecule has 5 saturated heterocycles. The maximum atomic E-state index is 10.5. The Hall–Kier alpha value is 0.240. The Morgan fingerprint density at radius 2 is 1.08 bits per heavy atom. The van der Waals surface area contributed by atoms with Gasteiger partial charge in [0.1, 0.15) is 0 Å². The van der Waals surface area contributed by atoms with Gasteiger partial charge in [0, 0.05) is 4.83 Å². The zero-order valence-electron chi connectivity index (χ0n) is 24.4. The Bertz CT molecular complexity index is 859. The van der Waals surface area contributed by atoms with Crippen LogP contribution in [0.3, 0.4) is 0 Å². The summed E-state index contributed by atoms with van der Waals surface area (Å²) in [5.74, 6) is 0. The molecule has 5 aliphatic heterocycles. The fourth-order valence-corrected chi connectivity index (χ4v) is 8.21. The minimum atomic E-state index is -0.833. The molecule has 10 unspecified atom stereocenters. The van der Waals surface area contributed by atoms with Crippen LogP contribution in [-0.2, 0) is 23.7 Å². The monoisotopic (exact) mass is 586 g/mol. The Morgan fingerprint density at radius 3 is 1.68 bits per heavy atom. The Labute approximate surface area is 233 Å². The predicted molar refractivity (Wildman–Crippen MR) is 147 cm³/mol. The number of fused-ring (bicyclic) bond motifs is 1. The molecule has 5 rings (SSSR count). The summed E-state index contributed by atoms with van der Waals surface area (Å²) in [6.07, 6.45) is 9.75. The van der Waals surface area contributed by atoms with Crippen molar-refractivity contribution in [2.75, 3.05) is 0 Å². The molecule has 0 aliphatic carbocycles. The van der Waals surface area contributed by atoms with Crippen molar-refractivity contribution in [1.29, 1.82) is 0 Å². The van der Waals surface area contributed by atoms with Gasteiger partial charge in [-0.25, -0.2) is 0 Å². The average Bonchev–Trinajstić information content (AvgIpc) is 3.40. The van der Waals surface area contributed by atoms with Crippen LogP contribution in [0, 0.1) is 0 Å². The van der Waals surface area contributed by atoms with Crippen molar-refractivity contribution in [3.8, 4) is 0 Å². The van der Waals surface area contributed by atoms with E-state index in [0.29, 0.717) is 4.83 Å². The lowest BCUT2D eigenvalue weighted by Gasteiger charge is -2.56. The van der Waals surface area contributed by atoms with Gasteiger partial charge in [-0.1, -0.05) is 15.9 Å². The van der Waals surface area contributed by atoms with Crippen LogP contribution in [0.4, 0.5) is 0 Å². The van der Waals surface area contributed by atoms with Crippen LogP contribution in [0.5, 0.6) is 0 Å². The number of rotatable bonds is 4. The summed E-state index contributed by atoms with van der Waals surface area (Å²) in [5, 5.41) is 10.5. The quantitative estimate of drug-likeness (QED) is 0.394. The summed E-state index contributed by atoms with van der Waals surface area (Å²) in [6.45, 7) is 16.9. The highest BCUT2D eigenvalue weighted by molar-refractivity contribution is 9.09. The first-order valence-corrected chi connectivity index (χ1v) is 15.7. The molecule has 1 N–H and O–H groups in total. The third-order valence-corrected chi connectivity index (χ3v) is 12.2. The lowest BCUT2D eigenvalue weighted by atomic mass is 9.75. The highest BCUT2D eigenvalue weighted by Crippen LogP contribution is 2.52. The molecule has 37 heavy (non-hydrogen) atoms. The van der Waals surface area contributed by atoms with E-state index >= 15 is 0 Å². The molecule has 0 spiro atoms. The molecule has 0 aromatic rings. The summed E-state index contributed by atoms with van der Waals surface area (Å²) in [5.41, 5.74) is -2.30. The molecule has 0 amide bonds. The Kier molecular flexibility index (Phi) is 7.30. The lowest BCUT2D eigenvalue weighted by molar-refractivity contribution is -0.305. The van der Waals surface area contributed by atoms with Gasteiger partial charge >= 0.3 is 0 Å². The average molecular weight is 588 g/mol. The molecule has 0 saturated carbocycles. The maximum Gasteiger partial charge on any atom is 0.0923 e. The molecule has 5 aliphatic rings. The van der Waals surface area contributed by atoms with Gasteiger partial charge in [0.2, 0.25) is 0 Å². The van der Waals surface area contributed by atoms with E-state index in [9.17, 15) is 5.11 Å². The number of halogens is 1. The second-order valence-corrected chi connectivity index (χ2v) is 15.8. The molecule has 10 atom stereocenters. The van der Waals surface area contributed by atoms with E-state index in [4.69, 9.17) is 23.7 Å². The van der Waals surface area contributed by atoms with Crippen molar-refractivity contribution >= 4 is 15.9 Å². The molecule has 214 valence electrons. The third-order valence-electron chi connectivity index (χ3n) is 10.6.